The molecule has 1 aliphatic rings. The predicted molar refractivity (Wildman–Crippen MR) is 57.3 cm³/mol. The second-order valence-corrected chi connectivity index (χ2v) is 4.35. The molecule has 0 aromatic carbocycles. The van der Waals surface area contributed by atoms with Crippen molar-refractivity contribution < 1.29 is 0 Å². The molecule has 0 unspecified atom stereocenters. The number of hydrogen-bond donors (Lipinski definition) is 2. The maximum atomic E-state index is 5.84. The molecule has 78 valence electrons. The lowest BCUT2D eigenvalue weighted by molar-refractivity contribution is 0.239. The molecule has 0 radical (unpaired) electrons. The summed E-state index contributed by atoms with van der Waals surface area (Å²) in [7, 11) is 0. The Bertz CT molecular complexity index is 318. The smallest absolute Gasteiger partial charge is 0.114 e. The molecule has 3 N–H and O–H groups in total. The van der Waals surface area contributed by atoms with Crippen LogP contribution in [0.5, 0.6) is 0 Å². The van der Waals surface area contributed by atoms with Crippen LogP contribution in [-0.2, 0) is 11.8 Å². The topological polar surface area (TPSA) is 54.7 Å². The Balaban J connectivity index is 2.31. The maximum Gasteiger partial charge on any atom is 0.114 e. The number of aromatic amines is 1. The predicted octanol–water partition coefficient (Wildman–Crippen LogP) is 1.66. The second kappa shape index (κ2) is 3.39. The fourth-order valence-corrected chi connectivity index (χ4v) is 2.23. The molecule has 1 fully saturated rings. The van der Waals surface area contributed by atoms with Gasteiger partial charge in [-0.2, -0.15) is 0 Å². The van der Waals surface area contributed by atoms with Crippen molar-refractivity contribution in [2.75, 3.05) is 6.54 Å². The van der Waals surface area contributed by atoms with E-state index in [0.29, 0.717) is 0 Å². The number of nitrogens with two attached hydrogens (primary N) is 1. The number of H-pyrrole nitrogens is 1. The summed E-state index contributed by atoms with van der Waals surface area (Å²) in [6, 6.07) is 0. The molecule has 0 atom stereocenters. The van der Waals surface area contributed by atoms with Crippen molar-refractivity contribution in [3.63, 3.8) is 0 Å². The van der Waals surface area contributed by atoms with Gasteiger partial charge >= 0.3 is 0 Å². The number of rotatable bonds is 3. The third-order valence-electron chi connectivity index (χ3n) is 3.52. The van der Waals surface area contributed by atoms with Gasteiger partial charge in [0, 0.05) is 17.7 Å². The van der Waals surface area contributed by atoms with Crippen LogP contribution in [0.4, 0.5) is 0 Å². The molecule has 0 spiro atoms. The summed E-state index contributed by atoms with van der Waals surface area (Å²) in [5, 5.41) is 0. The summed E-state index contributed by atoms with van der Waals surface area (Å²) in [6.07, 6.45) is 4.68. The van der Waals surface area contributed by atoms with E-state index in [0.717, 1.165) is 18.8 Å². The van der Waals surface area contributed by atoms with Crippen LogP contribution in [0.2, 0.25) is 0 Å². The minimum absolute atomic E-state index is 0.179. The van der Waals surface area contributed by atoms with Crippen molar-refractivity contribution in [2.24, 2.45) is 5.73 Å². The largest absolute Gasteiger partial charge is 0.345 e. The Labute approximate surface area is 85.1 Å². The van der Waals surface area contributed by atoms with Gasteiger partial charge in [-0.1, -0.05) is 13.3 Å². The number of aromatic nitrogens is 2. The van der Waals surface area contributed by atoms with Crippen LogP contribution in [0.15, 0.2) is 0 Å². The van der Waals surface area contributed by atoms with Crippen LogP contribution in [0.1, 0.15) is 43.4 Å². The van der Waals surface area contributed by atoms with Crippen LogP contribution in [-0.4, -0.2) is 16.5 Å². The highest BCUT2D eigenvalue weighted by molar-refractivity contribution is 5.21. The molecule has 3 nitrogen and oxygen atoms in total. The zero-order valence-corrected chi connectivity index (χ0v) is 9.06. The summed E-state index contributed by atoms with van der Waals surface area (Å²) in [6.45, 7) is 4.96. The summed E-state index contributed by atoms with van der Waals surface area (Å²) in [5.74, 6) is 1.13. The minimum Gasteiger partial charge on any atom is -0.345 e. The first kappa shape index (κ1) is 9.71. The van der Waals surface area contributed by atoms with Gasteiger partial charge in [-0.25, -0.2) is 4.98 Å². The molecule has 1 aromatic heterocycles. The SMILES string of the molecule is CCc1nc(C2(CN)CCC2)[nH]c1C. The molecule has 0 aliphatic heterocycles. The molecular weight excluding hydrogens is 174 g/mol. The number of nitrogens with zero attached hydrogens (tertiary/aromatic N) is 1. The van der Waals surface area contributed by atoms with Gasteiger partial charge < -0.3 is 10.7 Å². The van der Waals surface area contributed by atoms with Gasteiger partial charge in [0.1, 0.15) is 5.82 Å². The third-order valence-corrected chi connectivity index (χ3v) is 3.52. The van der Waals surface area contributed by atoms with Crippen molar-refractivity contribution in [1.82, 2.24) is 9.97 Å². The molecular formula is C11H19N3. The van der Waals surface area contributed by atoms with Crippen LogP contribution >= 0.6 is 0 Å². The third kappa shape index (κ3) is 1.27. The van der Waals surface area contributed by atoms with E-state index >= 15 is 0 Å². The molecule has 3 heteroatoms. The van der Waals surface area contributed by atoms with E-state index in [-0.39, 0.29) is 5.41 Å². The Hall–Kier alpha value is -0.830. The van der Waals surface area contributed by atoms with E-state index in [1.54, 1.807) is 0 Å². The van der Waals surface area contributed by atoms with Crippen molar-refractivity contribution in [3.05, 3.63) is 17.2 Å². The van der Waals surface area contributed by atoms with E-state index in [2.05, 4.69) is 23.8 Å². The molecule has 1 heterocycles. The number of hydrogen-bond acceptors (Lipinski definition) is 2. The lowest BCUT2D eigenvalue weighted by Gasteiger charge is -2.39. The highest BCUT2D eigenvalue weighted by Gasteiger charge is 2.40. The lowest BCUT2D eigenvalue weighted by atomic mass is 9.68. The summed E-state index contributed by atoms with van der Waals surface area (Å²) in [5.41, 5.74) is 8.42. The first-order chi connectivity index (χ1) is 6.72. The summed E-state index contributed by atoms with van der Waals surface area (Å²) >= 11 is 0. The molecule has 0 amide bonds. The molecule has 14 heavy (non-hydrogen) atoms. The first-order valence-electron chi connectivity index (χ1n) is 5.48. The zero-order chi connectivity index (χ0) is 10.2. The van der Waals surface area contributed by atoms with Crippen LogP contribution < -0.4 is 5.73 Å². The molecule has 0 saturated heterocycles. The van der Waals surface area contributed by atoms with Gasteiger partial charge in [0.25, 0.3) is 0 Å². The number of imidazole rings is 1. The van der Waals surface area contributed by atoms with Crippen molar-refractivity contribution in [1.29, 1.82) is 0 Å². The Kier molecular flexibility index (Phi) is 2.35. The summed E-state index contributed by atoms with van der Waals surface area (Å²) in [4.78, 5) is 8.06. The van der Waals surface area contributed by atoms with Gasteiger partial charge in [-0.3, -0.25) is 0 Å². The van der Waals surface area contributed by atoms with Gasteiger partial charge in [0.05, 0.1) is 5.69 Å². The maximum absolute atomic E-state index is 5.84. The minimum atomic E-state index is 0.179. The average Bonchev–Trinajstić information content (AvgIpc) is 2.46. The van der Waals surface area contributed by atoms with Crippen molar-refractivity contribution in [2.45, 2.75) is 44.9 Å². The van der Waals surface area contributed by atoms with E-state index in [4.69, 9.17) is 5.73 Å². The van der Waals surface area contributed by atoms with Crippen LogP contribution in [0.25, 0.3) is 0 Å². The number of nitrogens with one attached hydrogen (secondary N) is 1. The fourth-order valence-electron chi connectivity index (χ4n) is 2.23. The Morgan fingerprint density at radius 3 is 2.57 bits per heavy atom. The van der Waals surface area contributed by atoms with Crippen molar-refractivity contribution in [3.8, 4) is 0 Å². The van der Waals surface area contributed by atoms with Gasteiger partial charge in [-0.05, 0) is 26.2 Å². The Morgan fingerprint density at radius 1 is 1.50 bits per heavy atom. The van der Waals surface area contributed by atoms with E-state index < -0.39 is 0 Å². The standard InChI is InChI=1S/C11H19N3/c1-3-9-8(2)13-10(14-9)11(7-12)5-4-6-11/h3-7,12H2,1-2H3,(H,13,14). The molecule has 1 saturated carbocycles. The molecule has 0 bridgehead atoms. The molecule has 1 aliphatic carbocycles. The van der Waals surface area contributed by atoms with E-state index in [9.17, 15) is 0 Å². The van der Waals surface area contributed by atoms with E-state index in [1.165, 1.54) is 30.7 Å². The monoisotopic (exact) mass is 193 g/mol. The highest BCUT2D eigenvalue weighted by atomic mass is 15.0. The van der Waals surface area contributed by atoms with Gasteiger partial charge in [0.15, 0.2) is 0 Å². The van der Waals surface area contributed by atoms with Crippen molar-refractivity contribution >= 4 is 0 Å². The quantitative estimate of drug-likeness (QED) is 0.767. The normalized spacial score (nSPS) is 19.4. The first-order valence-corrected chi connectivity index (χ1v) is 5.48. The summed E-state index contributed by atoms with van der Waals surface area (Å²) < 4.78 is 0. The van der Waals surface area contributed by atoms with Crippen LogP contribution in [0, 0.1) is 6.92 Å². The molecule has 1 aromatic rings. The average molecular weight is 193 g/mol. The van der Waals surface area contributed by atoms with Crippen LogP contribution in [0.3, 0.4) is 0 Å². The van der Waals surface area contributed by atoms with E-state index in [1.807, 2.05) is 0 Å². The zero-order valence-electron chi connectivity index (χ0n) is 9.06. The van der Waals surface area contributed by atoms with Gasteiger partial charge in [0.2, 0.25) is 0 Å². The number of aryl methyl sites for hydroxylation is 2. The second-order valence-electron chi connectivity index (χ2n) is 4.35. The fraction of sp³-hybridized carbons (Fsp3) is 0.727. The Morgan fingerprint density at radius 2 is 2.21 bits per heavy atom. The molecule has 2 rings (SSSR count). The highest BCUT2D eigenvalue weighted by Crippen LogP contribution is 2.41. The lowest BCUT2D eigenvalue weighted by Crippen LogP contribution is -2.42. The van der Waals surface area contributed by atoms with Gasteiger partial charge in [-0.15, -0.1) is 0 Å².